The lowest BCUT2D eigenvalue weighted by molar-refractivity contribution is 0.549. The van der Waals surface area contributed by atoms with Gasteiger partial charge < -0.3 is 5.32 Å². The first-order chi connectivity index (χ1) is 9.60. The second-order valence-electron chi connectivity index (χ2n) is 5.31. The number of benzene rings is 2. The summed E-state index contributed by atoms with van der Waals surface area (Å²) < 4.78 is 1.18. The van der Waals surface area contributed by atoms with Gasteiger partial charge in [0.05, 0.1) is 0 Å². The van der Waals surface area contributed by atoms with Crippen molar-refractivity contribution in [2.45, 2.75) is 33.2 Å². The summed E-state index contributed by atoms with van der Waals surface area (Å²) in [5.41, 5.74) is 5.30. The van der Waals surface area contributed by atoms with Gasteiger partial charge in [0.1, 0.15) is 0 Å². The lowest BCUT2D eigenvalue weighted by Crippen LogP contribution is -2.23. The molecule has 20 heavy (non-hydrogen) atoms. The summed E-state index contributed by atoms with van der Waals surface area (Å²) in [4.78, 5) is 0. The van der Waals surface area contributed by atoms with Gasteiger partial charge in [-0.3, -0.25) is 0 Å². The number of nitrogens with one attached hydrogen (secondary N) is 1. The maximum Gasteiger partial charge on any atom is 0.0361 e. The van der Waals surface area contributed by atoms with E-state index in [1.54, 1.807) is 0 Å². The van der Waals surface area contributed by atoms with Gasteiger partial charge in [-0.25, -0.2) is 0 Å². The molecule has 0 aliphatic rings. The molecular formula is C18H22BrN. The van der Waals surface area contributed by atoms with Gasteiger partial charge in [0, 0.05) is 10.5 Å². The van der Waals surface area contributed by atoms with E-state index < -0.39 is 0 Å². The molecule has 0 radical (unpaired) electrons. The first kappa shape index (κ1) is 15.3. The summed E-state index contributed by atoms with van der Waals surface area (Å²) >= 11 is 3.63. The zero-order valence-electron chi connectivity index (χ0n) is 12.4. The highest BCUT2D eigenvalue weighted by Crippen LogP contribution is 2.24. The van der Waals surface area contributed by atoms with Crippen LogP contribution in [0, 0.1) is 13.8 Å². The van der Waals surface area contributed by atoms with Crippen molar-refractivity contribution in [3.8, 4) is 0 Å². The van der Waals surface area contributed by atoms with Gasteiger partial charge in [-0.1, -0.05) is 64.8 Å². The Kier molecular flexibility index (Phi) is 5.38. The Balaban J connectivity index is 2.21. The molecule has 0 bridgehead atoms. The molecule has 0 spiro atoms. The molecule has 2 aromatic carbocycles. The first-order valence-electron chi connectivity index (χ1n) is 7.15. The zero-order chi connectivity index (χ0) is 14.5. The first-order valence-corrected chi connectivity index (χ1v) is 7.94. The molecule has 0 aliphatic heterocycles. The minimum Gasteiger partial charge on any atom is -0.310 e. The minimum absolute atomic E-state index is 0.361. The maximum atomic E-state index is 3.63. The second kappa shape index (κ2) is 7.05. The van der Waals surface area contributed by atoms with Crippen molar-refractivity contribution in [2.75, 3.05) is 6.54 Å². The molecule has 0 heterocycles. The van der Waals surface area contributed by atoms with E-state index in [-0.39, 0.29) is 0 Å². The van der Waals surface area contributed by atoms with Crippen LogP contribution in [0.2, 0.25) is 0 Å². The third-order valence-corrected chi connectivity index (χ3v) is 4.46. The van der Waals surface area contributed by atoms with Crippen LogP contribution in [-0.2, 0) is 6.42 Å². The molecule has 1 unspecified atom stereocenters. The summed E-state index contributed by atoms with van der Waals surface area (Å²) in [6.45, 7) is 7.38. The zero-order valence-corrected chi connectivity index (χ0v) is 14.0. The Morgan fingerprint density at radius 1 is 1.05 bits per heavy atom. The largest absolute Gasteiger partial charge is 0.310 e. The molecule has 1 N–H and O–H groups in total. The fraction of sp³-hybridized carbons (Fsp3) is 0.333. The molecule has 0 saturated heterocycles. The van der Waals surface area contributed by atoms with Crippen LogP contribution in [0.5, 0.6) is 0 Å². The average Bonchev–Trinajstić information content (AvgIpc) is 2.44. The van der Waals surface area contributed by atoms with E-state index in [9.17, 15) is 0 Å². The number of aryl methyl sites for hydroxylation is 2. The molecule has 106 valence electrons. The Morgan fingerprint density at radius 2 is 1.75 bits per heavy atom. The third kappa shape index (κ3) is 3.94. The molecule has 0 aromatic heterocycles. The topological polar surface area (TPSA) is 12.0 Å². The van der Waals surface area contributed by atoms with Crippen LogP contribution in [0.25, 0.3) is 0 Å². The van der Waals surface area contributed by atoms with Crippen LogP contribution in [-0.4, -0.2) is 6.54 Å². The van der Waals surface area contributed by atoms with Crippen LogP contribution in [0.3, 0.4) is 0 Å². The van der Waals surface area contributed by atoms with Crippen LogP contribution < -0.4 is 5.32 Å². The lowest BCUT2D eigenvalue weighted by Gasteiger charge is -2.19. The summed E-state index contributed by atoms with van der Waals surface area (Å²) in [5, 5.41) is 3.59. The molecule has 2 heteroatoms. The van der Waals surface area contributed by atoms with Gasteiger partial charge in [0.2, 0.25) is 0 Å². The Bertz CT molecular complexity index is 560. The van der Waals surface area contributed by atoms with Crippen molar-refractivity contribution in [1.82, 2.24) is 5.32 Å². The molecular weight excluding hydrogens is 310 g/mol. The maximum absolute atomic E-state index is 3.63. The summed E-state index contributed by atoms with van der Waals surface area (Å²) in [5.74, 6) is 0. The average molecular weight is 332 g/mol. The highest BCUT2D eigenvalue weighted by atomic mass is 79.9. The molecule has 1 atom stereocenters. The van der Waals surface area contributed by atoms with Crippen molar-refractivity contribution >= 4 is 15.9 Å². The molecule has 0 fully saturated rings. The van der Waals surface area contributed by atoms with Gasteiger partial charge in [0.25, 0.3) is 0 Å². The van der Waals surface area contributed by atoms with Gasteiger partial charge in [0.15, 0.2) is 0 Å². The van der Waals surface area contributed by atoms with Crippen molar-refractivity contribution in [1.29, 1.82) is 0 Å². The summed E-state index contributed by atoms with van der Waals surface area (Å²) in [6, 6.07) is 15.8. The second-order valence-corrected chi connectivity index (χ2v) is 6.16. The molecule has 0 amide bonds. The van der Waals surface area contributed by atoms with Crippen molar-refractivity contribution in [3.05, 3.63) is 69.2 Å². The fourth-order valence-corrected chi connectivity index (χ4v) is 2.74. The minimum atomic E-state index is 0.361. The van der Waals surface area contributed by atoms with Crippen molar-refractivity contribution in [3.63, 3.8) is 0 Å². The predicted octanol–water partition coefficient (Wildman–Crippen LogP) is 4.96. The van der Waals surface area contributed by atoms with E-state index in [0.717, 1.165) is 13.0 Å². The van der Waals surface area contributed by atoms with E-state index in [2.05, 4.69) is 84.5 Å². The highest BCUT2D eigenvalue weighted by Gasteiger charge is 2.12. The molecule has 2 aromatic rings. The quantitative estimate of drug-likeness (QED) is 0.816. The Labute approximate surface area is 130 Å². The summed E-state index contributed by atoms with van der Waals surface area (Å²) in [7, 11) is 0. The smallest absolute Gasteiger partial charge is 0.0361 e. The van der Waals surface area contributed by atoms with Gasteiger partial charge in [-0.15, -0.1) is 0 Å². The van der Waals surface area contributed by atoms with E-state index in [1.165, 1.54) is 26.7 Å². The standard InChI is InChI=1S/C18H22BrN/c1-4-20-18(11-15-8-5-13(2)6-9-15)16-10-7-14(3)17(19)12-16/h5-10,12,18,20H,4,11H2,1-3H3. The molecule has 0 saturated carbocycles. The number of hydrogen-bond donors (Lipinski definition) is 1. The van der Waals surface area contributed by atoms with E-state index in [0.29, 0.717) is 6.04 Å². The van der Waals surface area contributed by atoms with E-state index >= 15 is 0 Å². The SMILES string of the molecule is CCNC(Cc1ccc(C)cc1)c1ccc(C)c(Br)c1. The summed E-state index contributed by atoms with van der Waals surface area (Å²) in [6.07, 6.45) is 1.02. The van der Waals surface area contributed by atoms with Crippen LogP contribution in [0.15, 0.2) is 46.9 Å². The predicted molar refractivity (Wildman–Crippen MR) is 90.2 cm³/mol. The van der Waals surface area contributed by atoms with Crippen LogP contribution >= 0.6 is 15.9 Å². The molecule has 2 rings (SSSR count). The van der Waals surface area contributed by atoms with Gasteiger partial charge in [-0.05, 0) is 49.6 Å². The normalized spacial score (nSPS) is 12.4. The van der Waals surface area contributed by atoms with Crippen molar-refractivity contribution in [2.24, 2.45) is 0 Å². The number of halogens is 1. The van der Waals surface area contributed by atoms with E-state index in [4.69, 9.17) is 0 Å². The highest BCUT2D eigenvalue weighted by molar-refractivity contribution is 9.10. The number of hydrogen-bond acceptors (Lipinski definition) is 1. The number of likely N-dealkylation sites (N-methyl/N-ethyl adjacent to an activating group) is 1. The van der Waals surface area contributed by atoms with Crippen molar-refractivity contribution < 1.29 is 0 Å². The third-order valence-electron chi connectivity index (χ3n) is 3.61. The molecule has 0 aliphatic carbocycles. The van der Waals surface area contributed by atoms with E-state index in [1.807, 2.05) is 0 Å². The fourth-order valence-electron chi connectivity index (χ4n) is 2.34. The number of rotatable bonds is 5. The lowest BCUT2D eigenvalue weighted by atomic mass is 9.97. The Morgan fingerprint density at radius 3 is 2.35 bits per heavy atom. The van der Waals surface area contributed by atoms with Crippen LogP contribution in [0.4, 0.5) is 0 Å². The molecule has 1 nitrogen and oxygen atoms in total. The van der Waals surface area contributed by atoms with Gasteiger partial charge in [-0.2, -0.15) is 0 Å². The van der Waals surface area contributed by atoms with Gasteiger partial charge >= 0.3 is 0 Å². The Hall–Kier alpha value is -1.12. The van der Waals surface area contributed by atoms with Crippen LogP contribution in [0.1, 0.15) is 35.2 Å². The monoisotopic (exact) mass is 331 g/mol.